The van der Waals surface area contributed by atoms with Gasteiger partial charge in [-0.1, -0.05) is 29.8 Å². The number of furan rings is 1. The zero-order valence-corrected chi connectivity index (χ0v) is 12.5. The molecule has 3 rings (SSSR count). The SMILES string of the molecule is O=C(C=Cc1ccc(-c2cccc(Cl)c2)o1)c1cccs1. The largest absolute Gasteiger partial charge is 0.457 e. The van der Waals surface area contributed by atoms with Gasteiger partial charge in [-0.15, -0.1) is 11.3 Å². The molecule has 0 aliphatic carbocycles. The highest BCUT2D eigenvalue weighted by atomic mass is 35.5. The third-order valence-electron chi connectivity index (χ3n) is 2.90. The molecule has 104 valence electrons. The van der Waals surface area contributed by atoms with Crippen molar-refractivity contribution in [1.29, 1.82) is 0 Å². The van der Waals surface area contributed by atoms with Crippen LogP contribution in [-0.2, 0) is 0 Å². The number of ketones is 1. The molecule has 0 spiro atoms. The number of thiophene rings is 1. The monoisotopic (exact) mass is 314 g/mol. The number of allylic oxidation sites excluding steroid dienone is 1. The van der Waals surface area contributed by atoms with Crippen LogP contribution in [0.15, 0.2) is 64.4 Å². The van der Waals surface area contributed by atoms with Crippen molar-refractivity contribution < 1.29 is 9.21 Å². The lowest BCUT2D eigenvalue weighted by Gasteiger charge is -1.96. The first kappa shape index (κ1) is 13.9. The first-order valence-corrected chi connectivity index (χ1v) is 7.60. The van der Waals surface area contributed by atoms with Crippen molar-refractivity contribution in [2.75, 3.05) is 0 Å². The molecule has 0 saturated carbocycles. The molecule has 0 unspecified atom stereocenters. The zero-order valence-electron chi connectivity index (χ0n) is 11.0. The molecule has 1 aromatic carbocycles. The summed E-state index contributed by atoms with van der Waals surface area (Å²) in [4.78, 5) is 12.6. The first-order valence-electron chi connectivity index (χ1n) is 6.34. The molecule has 0 saturated heterocycles. The minimum Gasteiger partial charge on any atom is -0.457 e. The summed E-state index contributed by atoms with van der Waals surface area (Å²) in [6.45, 7) is 0. The minimum absolute atomic E-state index is 0.0225. The molecular weight excluding hydrogens is 304 g/mol. The Kier molecular flexibility index (Phi) is 4.04. The number of benzene rings is 1. The van der Waals surface area contributed by atoms with Crippen molar-refractivity contribution in [3.8, 4) is 11.3 Å². The fourth-order valence-corrected chi connectivity index (χ4v) is 2.73. The van der Waals surface area contributed by atoms with E-state index in [1.807, 2.05) is 47.8 Å². The van der Waals surface area contributed by atoms with Gasteiger partial charge < -0.3 is 4.42 Å². The normalized spacial score (nSPS) is 11.1. The smallest absolute Gasteiger partial charge is 0.195 e. The number of hydrogen-bond donors (Lipinski definition) is 0. The van der Waals surface area contributed by atoms with Crippen molar-refractivity contribution in [3.63, 3.8) is 0 Å². The average Bonchev–Trinajstić information content (AvgIpc) is 3.16. The molecule has 0 radical (unpaired) electrons. The molecule has 4 heteroatoms. The lowest BCUT2D eigenvalue weighted by Crippen LogP contribution is -1.87. The van der Waals surface area contributed by atoms with Gasteiger partial charge in [-0.05, 0) is 47.9 Å². The van der Waals surface area contributed by atoms with Crippen LogP contribution in [0.1, 0.15) is 15.4 Å². The minimum atomic E-state index is -0.0225. The summed E-state index contributed by atoms with van der Waals surface area (Å²) < 4.78 is 5.70. The van der Waals surface area contributed by atoms with Crippen molar-refractivity contribution in [3.05, 3.63) is 75.6 Å². The van der Waals surface area contributed by atoms with Crippen molar-refractivity contribution in [2.24, 2.45) is 0 Å². The van der Waals surface area contributed by atoms with Gasteiger partial charge in [-0.25, -0.2) is 0 Å². The van der Waals surface area contributed by atoms with E-state index < -0.39 is 0 Å². The van der Waals surface area contributed by atoms with Crippen LogP contribution in [0.5, 0.6) is 0 Å². The lowest BCUT2D eigenvalue weighted by atomic mass is 10.2. The Morgan fingerprint density at radius 1 is 1.14 bits per heavy atom. The van der Waals surface area contributed by atoms with Gasteiger partial charge >= 0.3 is 0 Å². The molecule has 0 N–H and O–H groups in total. The molecule has 21 heavy (non-hydrogen) atoms. The molecule has 0 aliphatic rings. The van der Waals surface area contributed by atoms with E-state index >= 15 is 0 Å². The standard InChI is InChI=1S/C17H11ClO2S/c18-13-4-1-3-12(11-13)16-9-7-14(20-16)6-8-15(19)17-5-2-10-21-17/h1-11H. The predicted molar refractivity (Wildman–Crippen MR) is 86.8 cm³/mol. The van der Waals surface area contributed by atoms with Gasteiger partial charge in [0.05, 0.1) is 4.88 Å². The lowest BCUT2D eigenvalue weighted by molar-refractivity contribution is 0.105. The van der Waals surface area contributed by atoms with E-state index in [2.05, 4.69) is 0 Å². The second-order valence-corrected chi connectivity index (χ2v) is 5.77. The molecule has 2 heterocycles. The van der Waals surface area contributed by atoms with E-state index in [0.29, 0.717) is 15.7 Å². The second-order valence-electron chi connectivity index (χ2n) is 4.39. The van der Waals surface area contributed by atoms with Crippen molar-refractivity contribution in [2.45, 2.75) is 0 Å². The quantitative estimate of drug-likeness (QED) is 0.466. The Morgan fingerprint density at radius 3 is 2.81 bits per heavy atom. The average molecular weight is 315 g/mol. The van der Waals surface area contributed by atoms with E-state index in [0.717, 1.165) is 11.3 Å². The van der Waals surface area contributed by atoms with Gasteiger partial charge in [0.1, 0.15) is 11.5 Å². The van der Waals surface area contributed by atoms with E-state index in [4.69, 9.17) is 16.0 Å². The molecule has 2 aromatic heterocycles. The van der Waals surface area contributed by atoms with Gasteiger partial charge in [0.15, 0.2) is 5.78 Å². The Bertz CT molecular complexity index is 785. The summed E-state index contributed by atoms with van der Waals surface area (Å²) >= 11 is 7.39. The maximum Gasteiger partial charge on any atom is 0.195 e. The summed E-state index contributed by atoms with van der Waals surface area (Å²) in [5.74, 6) is 1.33. The van der Waals surface area contributed by atoms with Crippen LogP contribution in [0.4, 0.5) is 0 Å². The zero-order chi connectivity index (χ0) is 14.7. The van der Waals surface area contributed by atoms with Crippen molar-refractivity contribution in [1.82, 2.24) is 0 Å². The Labute approximate surface area is 131 Å². The van der Waals surface area contributed by atoms with Gasteiger partial charge in [0, 0.05) is 10.6 Å². The molecule has 0 fully saturated rings. The predicted octanol–water partition coefficient (Wildman–Crippen LogP) is 5.56. The third kappa shape index (κ3) is 3.32. The van der Waals surface area contributed by atoms with Gasteiger partial charge in [0.2, 0.25) is 0 Å². The van der Waals surface area contributed by atoms with Gasteiger partial charge in [-0.2, -0.15) is 0 Å². The van der Waals surface area contributed by atoms with Crippen LogP contribution < -0.4 is 0 Å². The summed E-state index contributed by atoms with van der Waals surface area (Å²) in [6, 6.07) is 14.8. The number of rotatable bonds is 4. The van der Waals surface area contributed by atoms with Crippen LogP contribution >= 0.6 is 22.9 Å². The van der Waals surface area contributed by atoms with Gasteiger partial charge in [-0.3, -0.25) is 4.79 Å². The van der Waals surface area contributed by atoms with E-state index in [1.165, 1.54) is 17.4 Å². The highest BCUT2D eigenvalue weighted by molar-refractivity contribution is 7.12. The van der Waals surface area contributed by atoms with Crippen LogP contribution in [0.25, 0.3) is 17.4 Å². The molecule has 2 nitrogen and oxygen atoms in total. The van der Waals surface area contributed by atoms with Crippen LogP contribution in [0.2, 0.25) is 5.02 Å². The number of halogens is 1. The summed E-state index contributed by atoms with van der Waals surface area (Å²) in [7, 11) is 0. The topological polar surface area (TPSA) is 30.2 Å². The summed E-state index contributed by atoms with van der Waals surface area (Å²) in [5.41, 5.74) is 0.909. The maximum atomic E-state index is 11.9. The third-order valence-corrected chi connectivity index (χ3v) is 4.02. The van der Waals surface area contributed by atoms with Crippen molar-refractivity contribution >= 4 is 34.8 Å². The Morgan fingerprint density at radius 2 is 2.05 bits per heavy atom. The molecule has 0 amide bonds. The fraction of sp³-hybridized carbons (Fsp3) is 0. The van der Waals surface area contributed by atoms with E-state index in [9.17, 15) is 4.79 Å². The fourth-order valence-electron chi connectivity index (χ4n) is 1.90. The Hall–Kier alpha value is -2.10. The van der Waals surface area contributed by atoms with E-state index in [-0.39, 0.29) is 5.78 Å². The van der Waals surface area contributed by atoms with Gasteiger partial charge in [0.25, 0.3) is 0 Å². The second kappa shape index (κ2) is 6.12. The highest BCUT2D eigenvalue weighted by Gasteiger charge is 2.05. The van der Waals surface area contributed by atoms with Crippen LogP contribution in [-0.4, -0.2) is 5.78 Å². The Balaban J connectivity index is 1.78. The number of hydrogen-bond acceptors (Lipinski definition) is 3. The number of carbonyl (C=O) groups is 1. The highest BCUT2D eigenvalue weighted by Crippen LogP contribution is 2.25. The van der Waals surface area contributed by atoms with Crippen LogP contribution in [0, 0.1) is 0 Å². The maximum absolute atomic E-state index is 11.9. The molecule has 3 aromatic rings. The molecule has 0 atom stereocenters. The molecular formula is C17H11ClO2S. The summed E-state index contributed by atoms with van der Waals surface area (Å²) in [5, 5.41) is 2.54. The first-order chi connectivity index (χ1) is 10.2. The van der Waals surface area contributed by atoms with Crippen LogP contribution in [0.3, 0.4) is 0 Å². The summed E-state index contributed by atoms with van der Waals surface area (Å²) in [6.07, 6.45) is 3.20. The van der Waals surface area contributed by atoms with E-state index in [1.54, 1.807) is 12.1 Å². The molecule has 0 bridgehead atoms. The number of carbonyl (C=O) groups excluding carboxylic acids is 1. The molecule has 0 aliphatic heterocycles.